The van der Waals surface area contributed by atoms with Crippen LogP contribution >= 0.6 is 0 Å². The lowest BCUT2D eigenvalue weighted by Gasteiger charge is -2.18. The summed E-state index contributed by atoms with van der Waals surface area (Å²) in [6, 6.07) is 0. The van der Waals surface area contributed by atoms with Crippen LogP contribution in [0.5, 0.6) is 0 Å². The van der Waals surface area contributed by atoms with E-state index >= 15 is 0 Å². The Bertz CT molecular complexity index is 1460. The number of hydrogen-bond donors (Lipinski definition) is 0. The Kier molecular flexibility index (Phi) is 49.6. The zero-order valence-electron chi connectivity index (χ0n) is 42.1. The van der Waals surface area contributed by atoms with Crippen LogP contribution in [0.25, 0.3) is 0 Å². The van der Waals surface area contributed by atoms with Crippen molar-refractivity contribution in [2.75, 3.05) is 13.2 Å². The van der Waals surface area contributed by atoms with Gasteiger partial charge in [0.2, 0.25) is 0 Å². The van der Waals surface area contributed by atoms with Crippen molar-refractivity contribution in [1.82, 2.24) is 0 Å². The Balaban J connectivity index is 4.61. The quantitative estimate of drug-likeness (QED) is 0.0262. The molecule has 1 unspecified atom stereocenters. The molecule has 0 fully saturated rings. The van der Waals surface area contributed by atoms with Crippen molar-refractivity contribution in [3.8, 4) is 0 Å². The molecule has 6 heteroatoms. The zero-order valence-corrected chi connectivity index (χ0v) is 42.1. The summed E-state index contributed by atoms with van der Waals surface area (Å²) >= 11 is 0. The van der Waals surface area contributed by atoms with Gasteiger partial charge in [-0.15, -0.1) is 0 Å². The highest BCUT2D eigenvalue weighted by Crippen LogP contribution is 2.11. The number of carbonyl (C=O) groups is 3. The molecule has 0 N–H and O–H groups in total. The highest BCUT2D eigenvalue weighted by atomic mass is 16.6. The Labute approximate surface area is 405 Å². The number of carbonyl (C=O) groups excluding carboxylic acids is 3. The summed E-state index contributed by atoms with van der Waals surface area (Å²) in [4.78, 5) is 37.9. The number of rotatable bonds is 45. The van der Waals surface area contributed by atoms with E-state index in [1.54, 1.807) is 0 Å². The monoisotopic (exact) mass is 911 g/mol. The molecule has 0 amide bonds. The third-order valence-electron chi connectivity index (χ3n) is 10.4. The first-order valence-electron chi connectivity index (χ1n) is 26.2. The van der Waals surface area contributed by atoms with Gasteiger partial charge in [0.1, 0.15) is 13.2 Å². The van der Waals surface area contributed by atoms with Crippen LogP contribution in [0.2, 0.25) is 0 Å². The van der Waals surface area contributed by atoms with Gasteiger partial charge in [-0.1, -0.05) is 206 Å². The molecule has 0 aliphatic carbocycles. The normalized spacial score (nSPS) is 13.2. The Hall–Kier alpha value is -4.45. The third kappa shape index (κ3) is 50.5. The second-order valence-electron chi connectivity index (χ2n) is 16.7. The molecule has 0 radical (unpaired) electrons. The van der Waals surface area contributed by atoms with Crippen molar-refractivity contribution < 1.29 is 28.6 Å². The second kappa shape index (κ2) is 53.2. The van der Waals surface area contributed by atoms with Crippen LogP contribution in [0.4, 0.5) is 0 Å². The van der Waals surface area contributed by atoms with Crippen molar-refractivity contribution in [3.63, 3.8) is 0 Å². The van der Waals surface area contributed by atoms with E-state index in [1.807, 2.05) is 12.2 Å². The van der Waals surface area contributed by atoms with Gasteiger partial charge in [0.15, 0.2) is 6.10 Å². The van der Waals surface area contributed by atoms with Crippen molar-refractivity contribution >= 4 is 17.9 Å². The fourth-order valence-corrected chi connectivity index (χ4v) is 6.52. The van der Waals surface area contributed by atoms with E-state index in [0.717, 1.165) is 109 Å². The van der Waals surface area contributed by atoms with Gasteiger partial charge in [-0.25, -0.2) is 0 Å². The van der Waals surface area contributed by atoms with Crippen molar-refractivity contribution in [2.24, 2.45) is 0 Å². The molecular weight excluding hydrogens is 817 g/mol. The van der Waals surface area contributed by atoms with Gasteiger partial charge < -0.3 is 14.2 Å². The van der Waals surface area contributed by atoms with E-state index in [4.69, 9.17) is 14.2 Å². The molecule has 0 aliphatic rings. The Morgan fingerprint density at radius 2 is 0.636 bits per heavy atom. The first-order valence-corrected chi connectivity index (χ1v) is 26.2. The molecule has 0 bridgehead atoms. The second-order valence-corrected chi connectivity index (χ2v) is 16.7. The summed E-state index contributed by atoms with van der Waals surface area (Å²) in [6.07, 6.45) is 74.6. The van der Waals surface area contributed by atoms with Crippen LogP contribution in [0.15, 0.2) is 134 Å². The molecule has 0 aromatic rings. The molecule has 1 atom stereocenters. The predicted octanol–water partition coefficient (Wildman–Crippen LogP) is 17.5. The van der Waals surface area contributed by atoms with Crippen LogP contribution in [0, 0.1) is 0 Å². The minimum absolute atomic E-state index is 0.134. The number of unbranched alkanes of at least 4 members (excludes halogenated alkanes) is 12. The lowest BCUT2D eigenvalue weighted by atomic mass is 10.1. The fraction of sp³-hybridized carbons (Fsp3) is 0.583. The van der Waals surface area contributed by atoms with Crippen molar-refractivity contribution in [1.29, 1.82) is 0 Å². The summed E-state index contributed by atoms with van der Waals surface area (Å²) in [5, 5.41) is 0. The van der Waals surface area contributed by atoms with E-state index in [0.29, 0.717) is 19.3 Å². The van der Waals surface area contributed by atoms with Crippen molar-refractivity contribution in [2.45, 2.75) is 213 Å². The topological polar surface area (TPSA) is 78.9 Å². The summed E-state index contributed by atoms with van der Waals surface area (Å²) < 4.78 is 16.7. The first-order chi connectivity index (χ1) is 32.5. The molecule has 0 rings (SSSR count). The molecular formula is C60H94O6. The van der Waals surface area contributed by atoms with E-state index in [2.05, 4.69) is 142 Å². The fourth-order valence-electron chi connectivity index (χ4n) is 6.52. The number of ether oxygens (including phenoxy) is 3. The molecule has 0 saturated heterocycles. The highest BCUT2D eigenvalue weighted by Gasteiger charge is 2.19. The van der Waals surface area contributed by atoms with Gasteiger partial charge in [-0.05, 0) is 116 Å². The number of allylic oxidation sites excluding steroid dienone is 22. The van der Waals surface area contributed by atoms with Gasteiger partial charge in [0.05, 0.1) is 0 Å². The van der Waals surface area contributed by atoms with Crippen LogP contribution in [0.1, 0.15) is 207 Å². The van der Waals surface area contributed by atoms with Gasteiger partial charge in [0.25, 0.3) is 0 Å². The Morgan fingerprint density at radius 3 is 1.06 bits per heavy atom. The summed E-state index contributed by atoms with van der Waals surface area (Å²) in [7, 11) is 0. The van der Waals surface area contributed by atoms with Gasteiger partial charge in [0, 0.05) is 19.3 Å². The average molecular weight is 911 g/mol. The largest absolute Gasteiger partial charge is 0.462 e. The average Bonchev–Trinajstić information content (AvgIpc) is 3.31. The minimum atomic E-state index is -0.845. The molecule has 0 spiro atoms. The number of esters is 3. The number of hydrogen-bond acceptors (Lipinski definition) is 6. The lowest BCUT2D eigenvalue weighted by molar-refractivity contribution is -0.166. The van der Waals surface area contributed by atoms with Gasteiger partial charge in [-0.3, -0.25) is 14.4 Å². The molecule has 0 aromatic carbocycles. The standard InChI is InChI=1S/C60H94O6/c1-4-7-10-13-16-19-22-25-27-29-30-32-33-35-38-41-44-47-50-53-59(62)65-56-57(55-64-58(61)52-49-46-43-40-37-24-21-18-15-12-9-6-3)66-60(63)54-51-48-45-42-39-36-34-31-28-26-23-20-17-14-11-8-5-2/h7,9-10,12,16,18-19,21,25-28,30,32,34-36,38,42,44-45,47,57H,4-6,8,11,13-15,17,20,22-24,29,31,33,37,39-41,43,46,48-56H2,1-3H3/b10-7-,12-9-,19-16-,21-18-,27-25-,28-26-,32-30-,36-34-,38-35-,45-42-,47-44-. The smallest absolute Gasteiger partial charge is 0.306 e. The van der Waals surface area contributed by atoms with Crippen LogP contribution in [-0.2, 0) is 28.6 Å². The molecule has 0 aliphatic heterocycles. The van der Waals surface area contributed by atoms with E-state index in [9.17, 15) is 14.4 Å². The molecule has 66 heavy (non-hydrogen) atoms. The minimum Gasteiger partial charge on any atom is -0.462 e. The maximum atomic E-state index is 12.8. The van der Waals surface area contributed by atoms with Gasteiger partial charge >= 0.3 is 17.9 Å². The molecule has 0 saturated carbocycles. The van der Waals surface area contributed by atoms with Crippen LogP contribution in [0.3, 0.4) is 0 Å². The molecule has 370 valence electrons. The molecule has 0 heterocycles. The third-order valence-corrected chi connectivity index (χ3v) is 10.4. The molecule has 6 nitrogen and oxygen atoms in total. The Morgan fingerprint density at radius 1 is 0.318 bits per heavy atom. The SMILES string of the molecule is CC/C=C\C/C=C\C/C=C\C/C=C\C/C=C\C/C=C\CCC(=O)OCC(COC(=O)CCCCCCC/C=C\C/C=C\CC)OC(=O)CCC/C=C\C/C=C\C/C=C\CCCCCCCC. The predicted molar refractivity (Wildman–Crippen MR) is 283 cm³/mol. The van der Waals surface area contributed by atoms with Gasteiger partial charge in [-0.2, -0.15) is 0 Å². The van der Waals surface area contributed by atoms with Crippen LogP contribution in [-0.4, -0.2) is 37.2 Å². The van der Waals surface area contributed by atoms with Crippen molar-refractivity contribution in [3.05, 3.63) is 134 Å². The maximum absolute atomic E-state index is 12.8. The highest BCUT2D eigenvalue weighted by molar-refractivity contribution is 5.71. The van der Waals surface area contributed by atoms with E-state index in [1.165, 1.54) is 44.9 Å². The maximum Gasteiger partial charge on any atom is 0.306 e. The summed E-state index contributed by atoms with van der Waals surface area (Å²) in [5.41, 5.74) is 0. The summed E-state index contributed by atoms with van der Waals surface area (Å²) in [6.45, 7) is 6.26. The zero-order chi connectivity index (χ0) is 47.9. The first kappa shape index (κ1) is 61.5. The van der Waals surface area contributed by atoms with E-state index in [-0.39, 0.29) is 38.0 Å². The lowest BCUT2D eigenvalue weighted by Crippen LogP contribution is -2.30. The summed E-state index contributed by atoms with van der Waals surface area (Å²) in [5.74, 6) is -1.10. The molecule has 0 aromatic heterocycles. The van der Waals surface area contributed by atoms with Crippen LogP contribution < -0.4 is 0 Å². The van der Waals surface area contributed by atoms with E-state index < -0.39 is 12.1 Å².